The van der Waals surface area contributed by atoms with Crippen LogP contribution in [0.15, 0.2) is 18.2 Å². The van der Waals surface area contributed by atoms with Crippen molar-refractivity contribution in [3.05, 3.63) is 34.9 Å². The lowest BCUT2D eigenvalue weighted by Gasteiger charge is -2.27. The fraction of sp³-hybridized carbons (Fsp3) is 0.556. The van der Waals surface area contributed by atoms with Crippen molar-refractivity contribution in [1.82, 2.24) is 15.5 Å². The highest BCUT2D eigenvalue weighted by Crippen LogP contribution is 2.34. The van der Waals surface area contributed by atoms with Crippen molar-refractivity contribution in [2.24, 2.45) is 0 Å². The van der Waals surface area contributed by atoms with Gasteiger partial charge in [0.05, 0.1) is 6.04 Å². The van der Waals surface area contributed by atoms with Crippen LogP contribution in [0.2, 0.25) is 0 Å². The second-order valence-corrected chi connectivity index (χ2v) is 6.21. The molecular weight excluding hydrogens is 290 g/mol. The van der Waals surface area contributed by atoms with E-state index in [4.69, 9.17) is 0 Å². The summed E-state index contributed by atoms with van der Waals surface area (Å²) in [6.07, 6.45) is 2.80. The van der Waals surface area contributed by atoms with Crippen molar-refractivity contribution in [3.63, 3.8) is 0 Å². The van der Waals surface area contributed by atoms with Crippen LogP contribution >= 0.6 is 0 Å². The maximum atomic E-state index is 12.4. The molecule has 0 saturated carbocycles. The van der Waals surface area contributed by atoms with E-state index in [2.05, 4.69) is 42.7 Å². The summed E-state index contributed by atoms with van der Waals surface area (Å²) in [4.78, 5) is 25.2. The summed E-state index contributed by atoms with van der Waals surface area (Å²) in [5.74, 6) is -0.0362. The molecule has 0 aromatic heterocycles. The van der Waals surface area contributed by atoms with Crippen molar-refractivity contribution >= 4 is 11.9 Å². The molecule has 23 heavy (non-hydrogen) atoms. The Morgan fingerprint density at radius 1 is 1.22 bits per heavy atom. The zero-order valence-electron chi connectivity index (χ0n) is 14.3. The minimum absolute atomic E-state index is 0.00349. The van der Waals surface area contributed by atoms with Gasteiger partial charge in [-0.05, 0) is 49.8 Å². The average Bonchev–Trinajstić information content (AvgIpc) is 2.98. The van der Waals surface area contributed by atoms with E-state index in [-0.39, 0.29) is 18.0 Å². The zero-order valence-corrected chi connectivity index (χ0v) is 14.3. The third kappa shape index (κ3) is 4.47. The highest BCUT2D eigenvalue weighted by Gasteiger charge is 2.30. The van der Waals surface area contributed by atoms with Gasteiger partial charge in [0, 0.05) is 26.6 Å². The van der Waals surface area contributed by atoms with Gasteiger partial charge in [-0.3, -0.25) is 4.79 Å². The lowest BCUT2D eigenvalue weighted by molar-refractivity contribution is -0.118. The summed E-state index contributed by atoms with van der Waals surface area (Å²) >= 11 is 0. The summed E-state index contributed by atoms with van der Waals surface area (Å²) in [5, 5.41) is 5.70. The van der Waals surface area contributed by atoms with Crippen molar-refractivity contribution in [1.29, 1.82) is 0 Å². The second-order valence-electron chi connectivity index (χ2n) is 6.21. The number of aryl methyl sites for hydroxylation is 1. The number of likely N-dealkylation sites (tertiary alicyclic amines) is 1. The topological polar surface area (TPSA) is 61.4 Å². The standard InChI is InChI=1S/C18H27N3O2/c1-13-7-4-8-16(14(13)2)17-9-5-12-21(17)18(23)20-11-6-10-19-15(3)22/h4,7-8,17H,5-6,9-12H2,1-3H3,(H,19,22)(H,20,23)/t17-/m1/s1. The van der Waals surface area contributed by atoms with E-state index in [9.17, 15) is 9.59 Å². The molecule has 0 radical (unpaired) electrons. The number of nitrogens with zero attached hydrogens (tertiary/aromatic N) is 1. The van der Waals surface area contributed by atoms with Crippen LogP contribution in [-0.4, -0.2) is 36.5 Å². The van der Waals surface area contributed by atoms with Crippen LogP contribution < -0.4 is 10.6 Å². The fourth-order valence-electron chi connectivity index (χ4n) is 3.12. The van der Waals surface area contributed by atoms with Gasteiger partial charge >= 0.3 is 6.03 Å². The summed E-state index contributed by atoms with van der Waals surface area (Å²) in [6, 6.07) is 6.48. The van der Waals surface area contributed by atoms with Crippen LogP contribution in [0.3, 0.4) is 0 Å². The molecule has 5 heteroatoms. The fourth-order valence-corrected chi connectivity index (χ4v) is 3.12. The highest BCUT2D eigenvalue weighted by atomic mass is 16.2. The molecule has 1 aliphatic heterocycles. The number of carbonyl (C=O) groups is 2. The maximum Gasteiger partial charge on any atom is 0.317 e. The van der Waals surface area contributed by atoms with Gasteiger partial charge in [-0.25, -0.2) is 4.79 Å². The summed E-state index contributed by atoms with van der Waals surface area (Å²) in [7, 11) is 0. The first-order valence-corrected chi connectivity index (χ1v) is 8.35. The Morgan fingerprint density at radius 3 is 2.70 bits per heavy atom. The van der Waals surface area contributed by atoms with E-state index >= 15 is 0 Å². The monoisotopic (exact) mass is 317 g/mol. The molecule has 3 amide bonds. The van der Waals surface area contributed by atoms with E-state index in [0.717, 1.165) is 25.8 Å². The molecule has 1 atom stereocenters. The Bertz CT molecular complexity index is 571. The molecule has 1 heterocycles. The van der Waals surface area contributed by atoms with E-state index < -0.39 is 0 Å². The van der Waals surface area contributed by atoms with Crippen molar-refractivity contribution < 1.29 is 9.59 Å². The van der Waals surface area contributed by atoms with Crippen LogP contribution in [-0.2, 0) is 4.79 Å². The minimum atomic E-state index is -0.0362. The average molecular weight is 317 g/mol. The Hall–Kier alpha value is -2.04. The summed E-state index contributed by atoms with van der Waals surface area (Å²) < 4.78 is 0. The number of benzene rings is 1. The van der Waals surface area contributed by atoms with Crippen LogP contribution in [0.1, 0.15) is 48.9 Å². The molecule has 0 spiro atoms. The molecule has 1 aliphatic rings. The number of urea groups is 1. The van der Waals surface area contributed by atoms with Gasteiger partial charge in [0.2, 0.25) is 5.91 Å². The minimum Gasteiger partial charge on any atom is -0.356 e. The molecule has 1 aromatic carbocycles. The zero-order chi connectivity index (χ0) is 16.8. The molecule has 5 nitrogen and oxygen atoms in total. The molecular formula is C18H27N3O2. The molecule has 0 bridgehead atoms. The number of hydrogen-bond acceptors (Lipinski definition) is 2. The number of rotatable bonds is 5. The van der Waals surface area contributed by atoms with E-state index in [1.54, 1.807) is 0 Å². The molecule has 1 aromatic rings. The first kappa shape index (κ1) is 17.3. The van der Waals surface area contributed by atoms with E-state index in [1.807, 2.05) is 4.90 Å². The number of amides is 3. The number of carbonyl (C=O) groups excluding carboxylic acids is 2. The predicted molar refractivity (Wildman–Crippen MR) is 91.3 cm³/mol. The van der Waals surface area contributed by atoms with Crippen LogP contribution in [0, 0.1) is 13.8 Å². The third-order valence-electron chi connectivity index (χ3n) is 4.52. The Morgan fingerprint density at radius 2 is 1.96 bits per heavy atom. The Labute approximate surface area is 138 Å². The molecule has 0 unspecified atom stereocenters. The van der Waals surface area contributed by atoms with Crippen molar-refractivity contribution in [2.45, 2.75) is 46.1 Å². The second kappa shape index (κ2) is 7.99. The number of nitrogens with one attached hydrogen (secondary N) is 2. The SMILES string of the molecule is CC(=O)NCCCNC(=O)N1CCC[C@@H]1c1cccc(C)c1C. The van der Waals surface area contributed by atoms with Gasteiger partial charge < -0.3 is 15.5 Å². The van der Waals surface area contributed by atoms with Crippen molar-refractivity contribution in [2.75, 3.05) is 19.6 Å². The molecule has 1 saturated heterocycles. The molecule has 1 fully saturated rings. The Balaban J connectivity index is 1.92. The van der Waals surface area contributed by atoms with Crippen molar-refractivity contribution in [3.8, 4) is 0 Å². The maximum absolute atomic E-state index is 12.4. The normalized spacial score (nSPS) is 17.2. The molecule has 2 rings (SSSR count). The lowest BCUT2D eigenvalue weighted by Crippen LogP contribution is -2.40. The molecule has 0 aliphatic carbocycles. The van der Waals surface area contributed by atoms with Crippen LogP contribution in [0.4, 0.5) is 4.79 Å². The third-order valence-corrected chi connectivity index (χ3v) is 4.52. The lowest BCUT2D eigenvalue weighted by atomic mass is 9.96. The van der Waals surface area contributed by atoms with Gasteiger partial charge in [-0.1, -0.05) is 18.2 Å². The molecule has 2 N–H and O–H groups in total. The quantitative estimate of drug-likeness (QED) is 0.820. The summed E-state index contributed by atoms with van der Waals surface area (Å²) in [6.45, 7) is 7.71. The smallest absolute Gasteiger partial charge is 0.317 e. The van der Waals surface area contributed by atoms with Crippen LogP contribution in [0.5, 0.6) is 0 Å². The van der Waals surface area contributed by atoms with E-state index in [1.165, 1.54) is 23.6 Å². The highest BCUT2D eigenvalue weighted by molar-refractivity contribution is 5.75. The molecule has 126 valence electrons. The van der Waals surface area contributed by atoms with Gasteiger partial charge in [0.1, 0.15) is 0 Å². The largest absolute Gasteiger partial charge is 0.356 e. The summed E-state index contributed by atoms with van der Waals surface area (Å²) in [5.41, 5.74) is 3.81. The van der Waals surface area contributed by atoms with Gasteiger partial charge in [-0.15, -0.1) is 0 Å². The first-order chi connectivity index (χ1) is 11.0. The van der Waals surface area contributed by atoms with E-state index in [0.29, 0.717) is 13.1 Å². The van der Waals surface area contributed by atoms with Crippen LogP contribution in [0.25, 0.3) is 0 Å². The predicted octanol–water partition coefficient (Wildman–Crippen LogP) is 2.68. The Kier molecular flexibility index (Phi) is 6.02. The van der Waals surface area contributed by atoms with Gasteiger partial charge in [0.15, 0.2) is 0 Å². The van der Waals surface area contributed by atoms with Gasteiger partial charge in [0.25, 0.3) is 0 Å². The first-order valence-electron chi connectivity index (χ1n) is 8.35. The van der Waals surface area contributed by atoms with Gasteiger partial charge in [-0.2, -0.15) is 0 Å². The number of hydrogen-bond donors (Lipinski definition) is 2.